The molecular weight excluding hydrogens is 442 g/mol. The predicted molar refractivity (Wildman–Crippen MR) is 118 cm³/mol. The topological polar surface area (TPSA) is 9.23 Å². The van der Waals surface area contributed by atoms with Gasteiger partial charge in [0.1, 0.15) is 5.75 Å². The summed E-state index contributed by atoms with van der Waals surface area (Å²) >= 11 is 0. The molecule has 3 aromatic carbocycles. The first-order valence-corrected chi connectivity index (χ1v) is 10.3. The maximum absolute atomic E-state index is 13.3. The fourth-order valence-electron chi connectivity index (χ4n) is 3.18. The van der Waals surface area contributed by atoms with Crippen molar-refractivity contribution in [2.45, 2.75) is 38.2 Å². The molecule has 3 rings (SSSR count). The van der Waals surface area contributed by atoms with E-state index in [4.69, 9.17) is 0 Å². The van der Waals surface area contributed by atoms with Crippen molar-refractivity contribution in [1.82, 2.24) is 0 Å². The predicted octanol–water partition coefficient (Wildman–Crippen LogP) is 8.35. The molecule has 0 aliphatic rings. The molecule has 0 N–H and O–H groups in total. The summed E-state index contributed by atoms with van der Waals surface area (Å²) in [7, 11) is 0. The molecule has 174 valence electrons. The summed E-state index contributed by atoms with van der Waals surface area (Å²) < 4.78 is 80.1. The van der Waals surface area contributed by atoms with Crippen LogP contribution in [-0.2, 0) is 6.42 Å². The van der Waals surface area contributed by atoms with Crippen LogP contribution in [0.1, 0.15) is 30.0 Å². The van der Waals surface area contributed by atoms with Crippen molar-refractivity contribution < 1.29 is 31.1 Å². The number of rotatable bonds is 8. The molecule has 0 radical (unpaired) electrons. The standard InChI is InChI=1S/C26H22F6O/c1-2-3-18-6-12-21(13-7-18)22-14-8-19(9-15-22)4-5-20-10-16-23(17-11-20)33-26(31,32)24(27)25(28,29)30/h4-17,24H,2-3H2,1H3/b5-4+. The molecule has 0 saturated heterocycles. The first-order chi connectivity index (χ1) is 15.6. The summed E-state index contributed by atoms with van der Waals surface area (Å²) in [4.78, 5) is 0. The van der Waals surface area contributed by atoms with E-state index in [-0.39, 0.29) is 0 Å². The van der Waals surface area contributed by atoms with Crippen LogP contribution in [0.3, 0.4) is 0 Å². The second kappa shape index (κ2) is 10.1. The van der Waals surface area contributed by atoms with Crippen molar-refractivity contribution in [3.63, 3.8) is 0 Å². The van der Waals surface area contributed by atoms with Gasteiger partial charge in [0.2, 0.25) is 0 Å². The van der Waals surface area contributed by atoms with Gasteiger partial charge in [-0.05, 0) is 46.4 Å². The minimum absolute atomic E-state index is 0.571. The van der Waals surface area contributed by atoms with Crippen LogP contribution in [0, 0.1) is 0 Å². The normalized spacial score (nSPS) is 13.3. The van der Waals surface area contributed by atoms with Crippen LogP contribution in [0.25, 0.3) is 23.3 Å². The van der Waals surface area contributed by atoms with Crippen LogP contribution in [0.4, 0.5) is 26.3 Å². The number of hydrogen-bond acceptors (Lipinski definition) is 1. The molecule has 0 amide bonds. The van der Waals surface area contributed by atoms with Gasteiger partial charge in [-0.15, -0.1) is 0 Å². The zero-order valence-electron chi connectivity index (χ0n) is 17.8. The summed E-state index contributed by atoms with van der Waals surface area (Å²) in [5, 5.41) is 0. The Kier molecular flexibility index (Phi) is 7.51. The summed E-state index contributed by atoms with van der Waals surface area (Å²) in [6.07, 6.45) is -9.50. The lowest BCUT2D eigenvalue weighted by Gasteiger charge is -2.23. The lowest BCUT2D eigenvalue weighted by molar-refractivity contribution is -0.304. The lowest BCUT2D eigenvalue weighted by Crippen LogP contribution is -2.45. The molecule has 3 aromatic rings. The van der Waals surface area contributed by atoms with Crippen molar-refractivity contribution in [2.24, 2.45) is 0 Å². The molecule has 1 nitrogen and oxygen atoms in total. The van der Waals surface area contributed by atoms with Gasteiger partial charge in [-0.1, -0.05) is 86.2 Å². The Labute approximate surface area is 188 Å². The number of hydrogen-bond donors (Lipinski definition) is 0. The maximum Gasteiger partial charge on any atom is 0.439 e. The van der Waals surface area contributed by atoms with E-state index < -0.39 is 24.2 Å². The minimum Gasteiger partial charge on any atom is -0.430 e. The van der Waals surface area contributed by atoms with E-state index in [9.17, 15) is 26.3 Å². The highest BCUT2D eigenvalue weighted by Crippen LogP contribution is 2.36. The number of ether oxygens (including phenoxy) is 1. The summed E-state index contributed by atoms with van der Waals surface area (Å²) in [6.45, 7) is 2.14. The van der Waals surface area contributed by atoms with Crippen molar-refractivity contribution in [1.29, 1.82) is 0 Å². The minimum atomic E-state index is -5.72. The highest BCUT2D eigenvalue weighted by molar-refractivity contribution is 5.72. The third kappa shape index (κ3) is 6.63. The van der Waals surface area contributed by atoms with Gasteiger partial charge in [-0.2, -0.15) is 22.0 Å². The third-order valence-corrected chi connectivity index (χ3v) is 4.92. The van der Waals surface area contributed by atoms with Crippen LogP contribution in [0.5, 0.6) is 5.75 Å². The molecule has 7 heteroatoms. The summed E-state index contributed by atoms with van der Waals surface area (Å²) in [6, 6.07) is 21.1. The Bertz CT molecular complexity index is 1050. The van der Waals surface area contributed by atoms with E-state index in [1.54, 1.807) is 12.2 Å². The van der Waals surface area contributed by atoms with E-state index in [0.29, 0.717) is 5.56 Å². The fourth-order valence-corrected chi connectivity index (χ4v) is 3.18. The molecule has 33 heavy (non-hydrogen) atoms. The quantitative estimate of drug-likeness (QED) is 0.240. The first-order valence-electron chi connectivity index (χ1n) is 10.3. The van der Waals surface area contributed by atoms with Crippen molar-refractivity contribution in [3.05, 3.63) is 89.5 Å². The molecular formula is C26H22F6O. The monoisotopic (exact) mass is 464 g/mol. The Hall–Kier alpha value is -3.22. The smallest absolute Gasteiger partial charge is 0.430 e. The fraction of sp³-hybridized carbons (Fsp3) is 0.231. The molecule has 0 aromatic heterocycles. The van der Waals surface area contributed by atoms with E-state index in [2.05, 4.69) is 35.9 Å². The van der Waals surface area contributed by atoms with Crippen LogP contribution >= 0.6 is 0 Å². The molecule has 0 fully saturated rings. The number of aryl methyl sites for hydroxylation is 1. The molecule has 0 aliphatic heterocycles. The highest BCUT2D eigenvalue weighted by Gasteiger charge is 2.59. The number of benzene rings is 3. The molecule has 0 spiro atoms. The summed E-state index contributed by atoms with van der Waals surface area (Å²) in [5.74, 6) is -0.571. The van der Waals surface area contributed by atoms with Gasteiger partial charge in [0.25, 0.3) is 6.17 Å². The van der Waals surface area contributed by atoms with Gasteiger partial charge in [0.05, 0.1) is 0 Å². The third-order valence-electron chi connectivity index (χ3n) is 4.92. The van der Waals surface area contributed by atoms with Crippen molar-refractivity contribution >= 4 is 12.2 Å². The largest absolute Gasteiger partial charge is 0.439 e. The van der Waals surface area contributed by atoms with Gasteiger partial charge in [0, 0.05) is 0 Å². The van der Waals surface area contributed by atoms with Gasteiger partial charge in [0.15, 0.2) is 0 Å². The summed E-state index contributed by atoms with van der Waals surface area (Å²) in [5.41, 5.74) is 4.99. The Morgan fingerprint density at radius 2 is 1.18 bits per heavy atom. The second-order valence-electron chi connectivity index (χ2n) is 7.54. The van der Waals surface area contributed by atoms with E-state index in [1.165, 1.54) is 17.7 Å². The number of halogens is 6. The maximum atomic E-state index is 13.3. The Balaban J connectivity index is 1.63. The molecule has 0 saturated carbocycles. The SMILES string of the molecule is CCCc1ccc(-c2ccc(/C=C/c3ccc(OC(F)(F)C(F)C(F)(F)F)cc3)cc2)cc1. The first kappa shape index (κ1) is 24.4. The van der Waals surface area contributed by atoms with Crippen LogP contribution < -0.4 is 4.74 Å². The number of alkyl halides is 6. The van der Waals surface area contributed by atoms with Crippen molar-refractivity contribution in [2.75, 3.05) is 0 Å². The molecule has 0 heterocycles. The van der Waals surface area contributed by atoms with Gasteiger partial charge in [-0.25, -0.2) is 4.39 Å². The van der Waals surface area contributed by atoms with Gasteiger partial charge < -0.3 is 4.74 Å². The van der Waals surface area contributed by atoms with E-state index in [0.717, 1.165) is 41.7 Å². The van der Waals surface area contributed by atoms with Crippen LogP contribution in [0.2, 0.25) is 0 Å². The van der Waals surface area contributed by atoms with E-state index >= 15 is 0 Å². The van der Waals surface area contributed by atoms with Gasteiger partial charge >= 0.3 is 12.3 Å². The Morgan fingerprint density at radius 3 is 1.64 bits per heavy atom. The lowest BCUT2D eigenvalue weighted by atomic mass is 10.0. The molecule has 1 atom stereocenters. The zero-order valence-corrected chi connectivity index (χ0v) is 17.8. The Morgan fingerprint density at radius 1 is 0.727 bits per heavy atom. The van der Waals surface area contributed by atoms with Crippen molar-refractivity contribution in [3.8, 4) is 16.9 Å². The highest BCUT2D eigenvalue weighted by atomic mass is 19.4. The van der Waals surface area contributed by atoms with Crippen LogP contribution in [-0.4, -0.2) is 18.5 Å². The second-order valence-corrected chi connectivity index (χ2v) is 7.54. The molecule has 0 bridgehead atoms. The molecule has 1 unspecified atom stereocenters. The van der Waals surface area contributed by atoms with Gasteiger partial charge in [-0.3, -0.25) is 0 Å². The van der Waals surface area contributed by atoms with Crippen LogP contribution in [0.15, 0.2) is 72.8 Å². The average molecular weight is 464 g/mol. The average Bonchev–Trinajstić information content (AvgIpc) is 2.78. The zero-order chi connectivity index (χ0) is 24.1. The molecule has 0 aliphatic carbocycles. The van der Waals surface area contributed by atoms with E-state index in [1.807, 2.05) is 24.3 Å².